The van der Waals surface area contributed by atoms with Crippen LogP contribution in [0.4, 0.5) is 5.69 Å². The first-order valence-electron chi connectivity index (χ1n) is 8.91. The number of carbonyl (C=O) groups excluding carboxylic acids is 2. The van der Waals surface area contributed by atoms with E-state index in [0.717, 1.165) is 5.69 Å². The maximum atomic E-state index is 12.8. The summed E-state index contributed by atoms with van der Waals surface area (Å²) in [7, 11) is 1.59. The van der Waals surface area contributed by atoms with Crippen molar-refractivity contribution >= 4 is 17.4 Å². The first kappa shape index (κ1) is 17.1. The number of anilines is 1. The molecule has 136 valence electrons. The molecule has 1 amide bonds. The highest BCUT2D eigenvalue weighted by atomic mass is 16.5. The van der Waals surface area contributed by atoms with Crippen LogP contribution in [0.3, 0.4) is 0 Å². The molecule has 2 aromatic carbocycles. The number of nitrogens with zero attached hydrogens (tertiary/aromatic N) is 1. The minimum atomic E-state index is -0.270. The van der Waals surface area contributed by atoms with E-state index in [1.54, 1.807) is 13.2 Å². The molecule has 0 radical (unpaired) electrons. The number of rotatable bonds is 5. The molecule has 1 aliphatic heterocycles. The van der Waals surface area contributed by atoms with Gasteiger partial charge in [0.15, 0.2) is 0 Å². The van der Waals surface area contributed by atoms with Gasteiger partial charge >= 0.3 is 0 Å². The van der Waals surface area contributed by atoms with Gasteiger partial charge in [0.1, 0.15) is 5.75 Å². The summed E-state index contributed by atoms with van der Waals surface area (Å²) in [5, 5.41) is 2.95. The van der Waals surface area contributed by atoms with Gasteiger partial charge in [-0.25, -0.2) is 0 Å². The maximum absolute atomic E-state index is 12.8. The van der Waals surface area contributed by atoms with Crippen LogP contribution in [0.25, 0.3) is 0 Å². The highest BCUT2D eigenvalue weighted by Gasteiger charge is 2.32. The van der Waals surface area contributed by atoms with Crippen molar-refractivity contribution in [2.75, 3.05) is 12.4 Å². The summed E-state index contributed by atoms with van der Waals surface area (Å²) in [6.45, 7) is 0.659. The molecule has 4 rings (SSSR count). The van der Waals surface area contributed by atoms with Gasteiger partial charge in [0.05, 0.1) is 18.7 Å². The van der Waals surface area contributed by atoms with Crippen molar-refractivity contribution in [3.63, 3.8) is 0 Å². The third-order valence-corrected chi connectivity index (χ3v) is 4.94. The summed E-state index contributed by atoms with van der Waals surface area (Å²) in [6.07, 6.45) is 0.682. The monoisotopic (exact) mass is 360 g/mol. The van der Waals surface area contributed by atoms with E-state index in [0.29, 0.717) is 35.7 Å². The van der Waals surface area contributed by atoms with E-state index in [4.69, 9.17) is 4.74 Å². The molecule has 0 aliphatic carbocycles. The maximum Gasteiger partial charge on any atom is 0.233 e. The number of carbonyl (C=O) groups is 2. The second-order valence-corrected chi connectivity index (χ2v) is 6.55. The number of aromatic nitrogens is 1. The zero-order valence-electron chi connectivity index (χ0n) is 15.0. The number of benzene rings is 2. The minimum absolute atomic E-state index is 0.0179. The lowest BCUT2D eigenvalue weighted by Gasteiger charge is -2.11. The Balaban J connectivity index is 1.55. The molecule has 5 nitrogen and oxygen atoms in total. The van der Waals surface area contributed by atoms with E-state index in [2.05, 4.69) is 5.32 Å². The standard InChI is InChI=1S/C22H20N2O3/c1-27-17-9-5-8-16(14-17)23-22(26)18-12-13-24-19(18)10-11-20(24)21(25)15-6-3-2-4-7-15/h2-11,14,18H,12-13H2,1H3,(H,23,26)/t18-/m0/s1. The molecular formula is C22H20N2O3. The number of hydrogen-bond donors (Lipinski definition) is 1. The van der Waals surface area contributed by atoms with Crippen LogP contribution in [0, 0.1) is 0 Å². The summed E-state index contributed by atoms with van der Waals surface area (Å²) < 4.78 is 7.16. The molecular weight excluding hydrogens is 340 g/mol. The van der Waals surface area contributed by atoms with Crippen LogP contribution in [0.2, 0.25) is 0 Å². The Labute approximate surface area is 157 Å². The smallest absolute Gasteiger partial charge is 0.233 e. The molecule has 5 heteroatoms. The summed E-state index contributed by atoms with van der Waals surface area (Å²) >= 11 is 0. The largest absolute Gasteiger partial charge is 0.497 e. The average molecular weight is 360 g/mol. The predicted octanol–water partition coefficient (Wildman–Crippen LogP) is 3.85. The number of ketones is 1. The zero-order chi connectivity index (χ0) is 18.8. The SMILES string of the molecule is COc1cccc(NC(=O)[C@H]2CCn3c(C(=O)c4ccccc4)ccc32)c1. The number of amides is 1. The second kappa shape index (κ2) is 7.11. The topological polar surface area (TPSA) is 60.3 Å². The van der Waals surface area contributed by atoms with Gasteiger partial charge in [0.25, 0.3) is 0 Å². The molecule has 2 heterocycles. The number of ether oxygens (including phenoxy) is 1. The fourth-order valence-electron chi connectivity index (χ4n) is 3.57. The molecule has 0 saturated heterocycles. The van der Waals surface area contributed by atoms with E-state index < -0.39 is 0 Å². The van der Waals surface area contributed by atoms with E-state index in [1.807, 2.05) is 65.2 Å². The van der Waals surface area contributed by atoms with E-state index in [-0.39, 0.29) is 17.6 Å². The van der Waals surface area contributed by atoms with Crippen LogP contribution in [0.1, 0.15) is 34.1 Å². The summed E-state index contributed by atoms with van der Waals surface area (Å²) in [5.41, 5.74) is 2.87. The molecule has 3 aromatic rings. The van der Waals surface area contributed by atoms with E-state index in [9.17, 15) is 9.59 Å². The van der Waals surface area contributed by atoms with Gasteiger partial charge in [-0.3, -0.25) is 9.59 Å². The molecule has 0 fully saturated rings. The van der Waals surface area contributed by atoms with Crippen LogP contribution in [-0.2, 0) is 11.3 Å². The van der Waals surface area contributed by atoms with Crippen LogP contribution in [0.15, 0.2) is 66.7 Å². The Hall–Kier alpha value is -3.34. The lowest BCUT2D eigenvalue weighted by atomic mass is 10.0. The van der Waals surface area contributed by atoms with Crippen molar-refractivity contribution in [1.82, 2.24) is 4.57 Å². The number of fused-ring (bicyclic) bond motifs is 1. The van der Waals surface area contributed by atoms with Crippen molar-refractivity contribution in [3.05, 3.63) is 83.7 Å². The summed E-state index contributed by atoms with van der Waals surface area (Å²) in [6, 6.07) is 20.2. The fraction of sp³-hybridized carbons (Fsp3) is 0.182. The lowest BCUT2D eigenvalue weighted by molar-refractivity contribution is -0.117. The Bertz CT molecular complexity index is 992. The molecule has 1 aromatic heterocycles. The van der Waals surface area contributed by atoms with E-state index in [1.165, 1.54) is 0 Å². The van der Waals surface area contributed by atoms with Crippen molar-refractivity contribution in [2.24, 2.45) is 0 Å². The predicted molar refractivity (Wildman–Crippen MR) is 103 cm³/mol. The Morgan fingerprint density at radius 2 is 1.85 bits per heavy atom. The first-order chi connectivity index (χ1) is 13.2. The van der Waals surface area contributed by atoms with Gasteiger partial charge < -0.3 is 14.6 Å². The number of hydrogen-bond acceptors (Lipinski definition) is 3. The van der Waals surface area contributed by atoms with Gasteiger partial charge in [-0.1, -0.05) is 36.4 Å². The van der Waals surface area contributed by atoms with Crippen molar-refractivity contribution in [1.29, 1.82) is 0 Å². The van der Waals surface area contributed by atoms with Crippen LogP contribution in [0.5, 0.6) is 5.75 Å². The van der Waals surface area contributed by atoms with Gasteiger partial charge in [0, 0.05) is 29.6 Å². The highest BCUT2D eigenvalue weighted by Crippen LogP contribution is 2.32. The average Bonchev–Trinajstić information content (AvgIpc) is 3.30. The Morgan fingerprint density at radius 3 is 2.63 bits per heavy atom. The molecule has 0 spiro atoms. The Kier molecular flexibility index (Phi) is 4.50. The van der Waals surface area contributed by atoms with Gasteiger partial charge in [-0.05, 0) is 30.7 Å². The minimum Gasteiger partial charge on any atom is -0.497 e. The summed E-state index contributed by atoms with van der Waals surface area (Å²) in [5.74, 6) is 0.335. The second-order valence-electron chi connectivity index (χ2n) is 6.55. The normalized spacial score (nSPS) is 15.2. The lowest BCUT2D eigenvalue weighted by Crippen LogP contribution is -2.19. The highest BCUT2D eigenvalue weighted by molar-refractivity contribution is 6.08. The fourth-order valence-corrected chi connectivity index (χ4v) is 3.57. The zero-order valence-corrected chi connectivity index (χ0v) is 15.0. The molecule has 1 N–H and O–H groups in total. The summed E-state index contributed by atoms with van der Waals surface area (Å²) in [4.78, 5) is 25.5. The van der Waals surface area contributed by atoms with Crippen LogP contribution < -0.4 is 10.1 Å². The molecule has 1 atom stereocenters. The van der Waals surface area contributed by atoms with Crippen molar-refractivity contribution in [2.45, 2.75) is 18.9 Å². The third kappa shape index (κ3) is 3.24. The quantitative estimate of drug-likeness (QED) is 0.703. The van der Waals surface area contributed by atoms with Crippen molar-refractivity contribution in [3.8, 4) is 5.75 Å². The molecule has 0 saturated carbocycles. The van der Waals surface area contributed by atoms with Crippen LogP contribution in [-0.4, -0.2) is 23.4 Å². The van der Waals surface area contributed by atoms with Crippen molar-refractivity contribution < 1.29 is 14.3 Å². The number of methoxy groups -OCH3 is 1. The molecule has 1 aliphatic rings. The third-order valence-electron chi connectivity index (χ3n) is 4.94. The van der Waals surface area contributed by atoms with Gasteiger partial charge in [0.2, 0.25) is 11.7 Å². The van der Waals surface area contributed by atoms with Crippen LogP contribution >= 0.6 is 0 Å². The van der Waals surface area contributed by atoms with Gasteiger partial charge in [-0.2, -0.15) is 0 Å². The van der Waals surface area contributed by atoms with Gasteiger partial charge in [-0.15, -0.1) is 0 Å². The molecule has 27 heavy (non-hydrogen) atoms. The Morgan fingerprint density at radius 1 is 1.04 bits per heavy atom. The number of nitrogens with one attached hydrogen (secondary N) is 1. The van der Waals surface area contributed by atoms with E-state index >= 15 is 0 Å². The first-order valence-corrected chi connectivity index (χ1v) is 8.91. The molecule has 0 bridgehead atoms. The molecule has 0 unspecified atom stereocenters.